The molecule has 1 aliphatic rings. The van der Waals surface area contributed by atoms with E-state index in [0.717, 1.165) is 29.7 Å². The predicted octanol–water partition coefficient (Wildman–Crippen LogP) is 3.94. The van der Waals surface area contributed by atoms with Crippen molar-refractivity contribution in [3.63, 3.8) is 0 Å². The Morgan fingerprint density at radius 2 is 1.88 bits per heavy atom. The highest BCUT2D eigenvalue weighted by molar-refractivity contribution is 5.94. The highest BCUT2D eigenvalue weighted by atomic mass is 19.1. The lowest BCUT2D eigenvalue weighted by Gasteiger charge is -2.27. The number of hydrogen-bond acceptors (Lipinski definition) is 4. The van der Waals surface area contributed by atoms with E-state index in [0.29, 0.717) is 25.2 Å². The van der Waals surface area contributed by atoms with Crippen LogP contribution in [-0.4, -0.2) is 66.3 Å². The largest absolute Gasteiger partial charge is 0.459 e. The molecule has 1 aromatic heterocycles. The van der Waals surface area contributed by atoms with Crippen LogP contribution in [0.1, 0.15) is 35.5 Å². The molecule has 1 fully saturated rings. The zero-order valence-electron chi connectivity index (χ0n) is 18.5. The molecule has 1 atom stereocenters. The van der Waals surface area contributed by atoms with E-state index in [2.05, 4.69) is 4.90 Å². The molecule has 0 aliphatic carbocycles. The first-order valence-corrected chi connectivity index (χ1v) is 10.9. The molecule has 168 valence electrons. The van der Waals surface area contributed by atoms with Crippen LogP contribution in [0.15, 0.2) is 59.0 Å². The van der Waals surface area contributed by atoms with E-state index >= 15 is 0 Å². The number of fused-ring (bicyclic) bond motifs is 1. The van der Waals surface area contributed by atoms with Gasteiger partial charge in [-0.3, -0.25) is 14.5 Å². The molecule has 0 spiro atoms. The molecule has 7 heteroatoms. The van der Waals surface area contributed by atoms with Crippen molar-refractivity contribution in [2.24, 2.45) is 0 Å². The summed E-state index contributed by atoms with van der Waals surface area (Å²) >= 11 is 0. The van der Waals surface area contributed by atoms with Crippen LogP contribution in [0.2, 0.25) is 0 Å². The maximum Gasteiger partial charge on any atom is 0.254 e. The van der Waals surface area contributed by atoms with E-state index in [9.17, 15) is 14.0 Å². The molecular formula is C25H28FN3O3. The van der Waals surface area contributed by atoms with Gasteiger partial charge in [-0.15, -0.1) is 0 Å². The fraction of sp³-hybridized carbons (Fsp3) is 0.360. The summed E-state index contributed by atoms with van der Waals surface area (Å²) in [5.74, 6) is 0.167. The van der Waals surface area contributed by atoms with Crippen molar-refractivity contribution in [3.8, 4) is 0 Å². The fourth-order valence-corrected chi connectivity index (χ4v) is 4.05. The second-order valence-corrected chi connectivity index (χ2v) is 8.30. The summed E-state index contributed by atoms with van der Waals surface area (Å²) in [7, 11) is 1.79. The normalized spacial score (nSPS) is 16.0. The van der Waals surface area contributed by atoms with Crippen LogP contribution in [0, 0.1) is 5.82 Å². The zero-order valence-corrected chi connectivity index (χ0v) is 18.5. The van der Waals surface area contributed by atoms with E-state index in [1.807, 2.05) is 37.3 Å². The second-order valence-electron chi connectivity index (χ2n) is 8.30. The Kier molecular flexibility index (Phi) is 6.55. The summed E-state index contributed by atoms with van der Waals surface area (Å²) in [6.07, 6.45) is 0.761. The molecule has 6 nitrogen and oxygen atoms in total. The highest BCUT2D eigenvalue weighted by Gasteiger charge is 2.25. The average molecular weight is 438 g/mol. The van der Waals surface area contributed by atoms with E-state index < -0.39 is 5.82 Å². The molecule has 2 aromatic carbocycles. The summed E-state index contributed by atoms with van der Waals surface area (Å²) < 4.78 is 19.4. The van der Waals surface area contributed by atoms with Crippen LogP contribution in [0.5, 0.6) is 0 Å². The number of furan rings is 1. The number of likely N-dealkylation sites (N-methyl/N-ethyl adjacent to an activating group) is 1. The minimum atomic E-state index is -0.417. The number of carbonyl (C=O) groups excluding carboxylic acids is 2. The summed E-state index contributed by atoms with van der Waals surface area (Å²) in [5.41, 5.74) is 1.17. The van der Waals surface area contributed by atoms with Crippen LogP contribution >= 0.6 is 0 Å². The highest BCUT2D eigenvalue weighted by Crippen LogP contribution is 2.26. The van der Waals surface area contributed by atoms with Crippen molar-refractivity contribution in [2.45, 2.75) is 19.4 Å². The first-order valence-electron chi connectivity index (χ1n) is 10.9. The first-order chi connectivity index (χ1) is 15.4. The average Bonchev–Trinajstić information content (AvgIpc) is 3.10. The molecular weight excluding hydrogens is 409 g/mol. The van der Waals surface area contributed by atoms with Gasteiger partial charge in [-0.25, -0.2) is 4.39 Å². The second kappa shape index (κ2) is 9.53. The molecule has 0 radical (unpaired) electrons. The van der Waals surface area contributed by atoms with Gasteiger partial charge in [0.2, 0.25) is 5.91 Å². The van der Waals surface area contributed by atoms with Gasteiger partial charge in [0.1, 0.15) is 17.2 Å². The molecule has 32 heavy (non-hydrogen) atoms. The van der Waals surface area contributed by atoms with Gasteiger partial charge in [0, 0.05) is 44.2 Å². The maximum atomic E-state index is 13.5. The van der Waals surface area contributed by atoms with Gasteiger partial charge < -0.3 is 14.2 Å². The van der Waals surface area contributed by atoms with E-state index in [4.69, 9.17) is 4.42 Å². The Labute approximate surface area is 187 Å². The Bertz CT molecular complexity index is 1080. The van der Waals surface area contributed by atoms with Crippen LogP contribution in [0.4, 0.5) is 4.39 Å². The topological polar surface area (TPSA) is 57.0 Å². The number of halogens is 1. The third kappa shape index (κ3) is 4.83. The Hall–Kier alpha value is -3.19. The van der Waals surface area contributed by atoms with Crippen LogP contribution in [-0.2, 0) is 4.79 Å². The van der Waals surface area contributed by atoms with Crippen molar-refractivity contribution in [1.29, 1.82) is 0 Å². The van der Waals surface area contributed by atoms with E-state index in [-0.39, 0.29) is 24.4 Å². The minimum Gasteiger partial charge on any atom is -0.459 e. The summed E-state index contributed by atoms with van der Waals surface area (Å²) in [6, 6.07) is 15.4. The lowest BCUT2D eigenvalue weighted by atomic mass is 10.2. The van der Waals surface area contributed by atoms with Gasteiger partial charge >= 0.3 is 0 Å². The number of amides is 2. The van der Waals surface area contributed by atoms with Gasteiger partial charge in [0.25, 0.3) is 5.91 Å². The molecule has 0 saturated carbocycles. The first kappa shape index (κ1) is 22.0. The number of nitrogens with zero attached hydrogens (tertiary/aromatic N) is 3. The monoisotopic (exact) mass is 437 g/mol. The van der Waals surface area contributed by atoms with Crippen molar-refractivity contribution in [1.82, 2.24) is 14.7 Å². The lowest BCUT2D eigenvalue weighted by Crippen LogP contribution is -2.41. The molecule has 0 bridgehead atoms. The number of hydrogen-bond donors (Lipinski definition) is 0. The summed E-state index contributed by atoms with van der Waals surface area (Å²) in [6.45, 7) is 4.66. The third-order valence-electron chi connectivity index (χ3n) is 6.14. The van der Waals surface area contributed by atoms with Gasteiger partial charge in [-0.05, 0) is 43.7 Å². The van der Waals surface area contributed by atoms with Crippen molar-refractivity contribution >= 4 is 22.8 Å². The Morgan fingerprint density at radius 3 is 2.66 bits per heavy atom. The molecule has 4 rings (SSSR count). The molecule has 1 saturated heterocycles. The molecule has 2 heterocycles. The predicted molar refractivity (Wildman–Crippen MR) is 121 cm³/mol. The van der Waals surface area contributed by atoms with Crippen LogP contribution in [0.3, 0.4) is 0 Å². The molecule has 0 N–H and O–H groups in total. The molecule has 1 aliphatic heterocycles. The van der Waals surface area contributed by atoms with Crippen molar-refractivity contribution < 1.29 is 18.4 Å². The fourth-order valence-electron chi connectivity index (χ4n) is 4.05. The van der Waals surface area contributed by atoms with Crippen LogP contribution < -0.4 is 0 Å². The van der Waals surface area contributed by atoms with Gasteiger partial charge in [0.05, 0.1) is 12.6 Å². The quantitative estimate of drug-likeness (QED) is 0.607. The van der Waals surface area contributed by atoms with Crippen molar-refractivity contribution in [2.75, 3.05) is 39.8 Å². The standard InChI is InChI=1S/C25H28FN3O3/c1-18(23-16-19-7-3-4-10-22(19)32-23)27(2)24(30)17-28-11-6-12-29(14-13-28)25(31)20-8-5-9-21(26)15-20/h3-5,7-10,15-16,18H,6,11-14,17H2,1-2H3. The van der Waals surface area contributed by atoms with Crippen LogP contribution in [0.25, 0.3) is 11.0 Å². The van der Waals surface area contributed by atoms with E-state index in [1.54, 1.807) is 29.0 Å². The molecule has 2 amide bonds. The Morgan fingerprint density at radius 1 is 1.06 bits per heavy atom. The zero-order chi connectivity index (χ0) is 22.7. The maximum absolute atomic E-state index is 13.5. The number of benzene rings is 2. The minimum absolute atomic E-state index is 0.00265. The number of carbonyl (C=O) groups is 2. The summed E-state index contributed by atoms with van der Waals surface area (Å²) in [5, 5.41) is 1.02. The van der Waals surface area contributed by atoms with Gasteiger partial charge in [-0.1, -0.05) is 24.3 Å². The number of para-hydroxylation sites is 1. The van der Waals surface area contributed by atoms with E-state index in [1.165, 1.54) is 12.1 Å². The number of rotatable bonds is 5. The summed E-state index contributed by atoms with van der Waals surface area (Å²) in [4.78, 5) is 31.2. The lowest BCUT2D eigenvalue weighted by molar-refractivity contribution is -0.133. The smallest absolute Gasteiger partial charge is 0.254 e. The molecule has 3 aromatic rings. The SMILES string of the molecule is CC(c1cc2ccccc2o1)N(C)C(=O)CN1CCCN(C(=O)c2cccc(F)c2)CC1. The van der Waals surface area contributed by atoms with Gasteiger partial charge in [0.15, 0.2) is 0 Å². The molecule has 1 unspecified atom stereocenters. The van der Waals surface area contributed by atoms with Gasteiger partial charge in [-0.2, -0.15) is 0 Å². The Balaban J connectivity index is 1.34. The van der Waals surface area contributed by atoms with Crippen molar-refractivity contribution in [3.05, 3.63) is 71.7 Å². The third-order valence-corrected chi connectivity index (χ3v) is 6.14.